The molecule has 0 aromatic heterocycles. The fourth-order valence-corrected chi connectivity index (χ4v) is 5.17. The number of carboxylic acids is 1. The summed E-state index contributed by atoms with van der Waals surface area (Å²) in [4.78, 5) is 39.0. The number of nitrogens with zero attached hydrogens (tertiary/aromatic N) is 1. The van der Waals surface area contributed by atoms with Crippen molar-refractivity contribution in [3.63, 3.8) is 0 Å². The van der Waals surface area contributed by atoms with Gasteiger partial charge in [-0.15, -0.1) is 0 Å². The average Bonchev–Trinajstić information content (AvgIpc) is 3.42. The van der Waals surface area contributed by atoms with Gasteiger partial charge in [0.2, 0.25) is 5.91 Å². The summed E-state index contributed by atoms with van der Waals surface area (Å²) < 4.78 is 5.65. The second-order valence-electron chi connectivity index (χ2n) is 9.26. The minimum atomic E-state index is -0.922. The quantitative estimate of drug-likeness (QED) is 0.604. The number of rotatable bonds is 8. The number of carbonyl (C=O) groups excluding carboxylic acids is 2. The molecule has 2 aliphatic rings. The van der Waals surface area contributed by atoms with Gasteiger partial charge < -0.3 is 20.1 Å². The summed E-state index contributed by atoms with van der Waals surface area (Å²) >= 11 is 0. The van der Waals surface area contributed by atoms with E-state index in [1.807, 2.05) is 38.1 Å². The van der Waals surface area contributed by atoms with Gasteiger partial charge in [0.15, 0.2) is 0 Å². The van der Waals surface area contributed by atoms with E-state index in [4.69, 9.17) is 4.74 Å². The molecule has 1 aliphatic carbocycles. The first-order chi connectivity index (χ1) is 16.4. The molecule has 180 valence electrons. The lowest BCUT2D eigenvalue weighted by Gasteiger charge is -2.31. The third kappa shape index (κ3) is 4.79. The SMILES string of the molecule is CCC(C)[C@H](NC(=O)OCC1c2ccccc2-c2ccccc21)C(=O)N1CCC[C@@H]1CC(=O)O. The molecule has 2 aromatic rings. The predicted octanol–water partition coefficient (Wildman–Crippen LogP) is 4.41. The highest BCUT2D eigenvalue weighted by atomic mass is 16.5. The molecule has 34 heavy (non-hydrogen) atoms. The number of nitrogens with one attached hydrogen (secondary N) is 1. The van der Waals surface area contributed by atoms with Crippen LogP contribution in [0.25, 0.3) is 11.1 Å². The van der Waals surface area contributed by atoms with Gasteiger partial charge in [0, 0.05) is 18.5 Å². The lowest BCUT2D eigenvalue weighted by Crippen LogP contribution is -2.53. The van der Waals surface area contributed by atoms with E-state index in [-0.39, 0.29) is 36.8 Å². The van der Waals surface area contributed by atoms with Crippen molar-refractivity contribution >= 4 is 18.0 Å². The second kappa shape index (κ2) is 10.3. The topological polar surface area (TPSA) is 95.9 Å². The summed E-state index contributed by atoms with van der Waals surface area (Å²) in [6, 6.07) is 15.2. The Kier molecular flexibility index (Phi) is 7.20. The van der Waals surface area contributed by atoms with Gasteiger partial charge in [-0.3, -0.25) is 9.59 Å². The fourth-order valence-electron chi connectivity index (χ4n) is 5.17. The number of amides is 2. The lowest BCUT2D eigenvalue weighted by atomic mass is 9.97. The Labute approximate surface area is 200 Å². The number of likely N-dealkylation sites (tertiary alicyclic amines) is 1. The maximum atomic E-state index is 13.3. The van der Waals surface area contributed by atoms with Crippen molar-refractivity contribution in [3.05, 3.63) is 59.7 Å². The van der Waals surface area contributed by atoms with Crippen LogP contribution in [0.2, 0.25) is 0 Å². The Hall–Kier alpha value is -3.35. The molecule has 0 saturated carbocycles. The molecular weight excluding hydrogens is 432 g/mol. The number of fused-ring (bicyclic) bond motifs is 3. The number of hydrogen-bond donors (Lipinski definition) is 2. The largest absolute Gasteiger partial charge is 0.481 e. The number of carboxylic acid groups (broad SMARTS) is 1. The zero-order valence-electron chi connectivity index (χ0n) is 19.7. The van der Waals surface area contributed by atoms with E-state index in [1.54, 1.807) is 4.90 Å². The summed E-state index contributed by atoms with van der Waals surface area (Å²) in [5.74, 6) is -1.32. The third-order valence-corrected chi connectivity index (χ3v) is 7.17. The highest BCUT2D eigenvalue weighted by molar-refractivity contribution is 5.87. The highest BCUT2D eigenvalue weighted by Crippen LogP contribution is 2.44. The van der Waals surface area contributed by atoms with E-state index in [1.165, 1.54) is 0 Å². The Morgan fingerprint density at radius 3 is 2.29 bits per heavy atom. The summed E-state index contributed by atoms with van der Waals surface area (Å²) in [5, 5.41) is 12.0. The van der Waals surface area contributed by atoms with E-state index >= 15 is 0 Å². The summed E-state index contributed by atoms with van der Waals surface area (Å²) in [5.41, 5.74) is 4.55. The molecular formula is C27H32N2O5. The molecule has 4 rings (SSSR count). The minimum absolute atomic E-state index is 0.0607. The van der Waals surface area contributed by atoms with Gasteiger partial charge in [-0.25, -0.2) is 4.79 Å². The third-order valence-electron chi connectivity index (χ3n) is 7.17. The maximum Gasteiger partial charge on any atom is 0.407 e. The zero-order chi connectivity index (χ0) is 24.2. The van der Waals surface area contributed by atoms with Crippen molar-refractivity contribution in [1.82, 2.24) is 10.2 Å². The Bertz CT molecular complexity index is 1020. The summed E-state index contributed by atoms with van der Waals surface area (Å²) in [6.07, 6.45) is 1.41. The van der Waals surface area contributed by atoms with Gasteiger partial charge >= 0.3 is 12.1 Å². The second-order valence-corrected chi connectivity index (χ2v) is 9.26. The van der Waals surface area contributed by atoms with E-state index in [9.17, 15) is 19.5 Å². The van der Waals surface area contributed by atoms with E-state index < -0.39 is 18.1 Å². The van der Waals surface area contributed by atoms with Crippen molar-refractivity contribution in [2.24, 2.45) is 5.92 Å². The molecule has 1 aliphatic heterocycles. The molecule has 2 amide bonds. The molecule has 1 heterocycles. The first-order valence-electron chi connectivity index (χ1n) is 12.0. The van der Waals surface area contributed by atoms with Crippen molar-refractivity contribution in [1.29, 1.82) is 0 Å². The van der Waals surface area contributed by atoms with Crippen molar-refractivity contribution in [2.75, 3.05) is 13.2 Å². The number of aliphatic carboxylic acids is 1. The van der Waals surface area contributed by atoms with Crippen LogP contribution < -0.4 is 5.32 Å². The van der Waals surface area contributed by atoms with Gasteiger partial charge in [-0.1, -0.05) is 68.8 Å². The number of ether oxygens (including phenoxy) is 1. The standard InChI is InChI=1S/C27H32N2O5/c1-3-17(2)25(26(32)29-14-8-9-18(29)15-24(30)31)28-27(33)34-16-23-21-12-6-4-10-19(21)20-11-5-7-13-22(20)23/h4-7,10-13,17-18,23,25H,3,8-9,14-16H2,1-2H3,(H,28,33)(H,30,31)/t17?,18-,25+/m1/s1. The maximum absolute atomic E-state index is 13.3. The first kappa shape index (κ1) is 23.8. The predicted molar refractivity (Wildman–Crippen MR) is 128 cm³/mol. The van der Waals surface area contributed by atoms with Gasteiger partial charge in [0.1, 0.15) is 12.6 Å². The minimum Gasteiger partial charge on any atom is -0.481 e. The zero-order valence-corrected chi connectivity index (χ0v) is 19.7. The van der Waals surface area contributed by atoms with Crippen LogP contribution in [0, 0.1) is 5.92 Å². The normalized spacial score (nSPS) is 18.6. The van der Waals surface area contributed by atoms with Crippen molar-refractivity contribution in [2.45, 2.75) is 57.5 Å². The first-order valence-corrected chi connectivity index (χ1v) is 12.0. The Morgan fingerprint density at radius 2 is 1.71 bits per heavy atom. The van der Waals surface area contributed by atoms with Crippen molar-refractivity contribution < 1.29 is 24.2 Å². The van der Waals surface area contributed by atoms with E-state index in [0.29, 0.717) is 19.4 Å². The van der Waals surface area contributed by atoms with Crippen LogP contribution in [0.3, 0.4) is 0 Å². The van der Waals surface area contributed by atoms with Gasteiger partial charge in [0.05, 0.1) is 6.42 Å². The van der Waals surface area contributed by atoms with Crippen LogP contribution in [0.15, 0.2) is 48.5 Å². The van der Waals surface area contributed by atoms with Crippen LogP contribution >= 0.6 is 0 Å². The van der Waals surface area contributed by atoms with Gasteiger partial charge in [-0.05, 0) is 41.0 Å². The molecule has 1 fully saturated rings. The Balaban J connectivity index is 1.44. The highest BCUT2D eigenvalue weighted by Gasteiger charge is 2.37. The van der Waals surface area contributed by atoms with E-state index in [0.717, 1.165) is 28.7 Å². The molecule has 0 radical (unpaired) electrons. The monoisotopic (exact) mass is 464 g/mol. The van der Waals surface area contributed by atoms with E-state index in [2.05, 4.69) is 29.6 Å². The number of carbonyl (C=O) groups is 3. The molecule has 7 heteroatoms. The summed E-state index contributed by atoms with van der Waals surface area (Å²) in [6.45, 7) is 4.56. The van der Waals surface area contributed by atoms with Gasteiger partial charge in [0.25, 0.3) is 0 Å². The van der Waals surface area contributed by atoms with Crippen LogP contribution in [0.1, 0.15) is 56.6 Å². The molecule has 0 spiro atoms. The summed E-state index contributed by atoms with van der Waals surface area (Å²) in [7, 11) is 0. The van der Waals surface area contributed by atoms with Crippen LogP contribution in [0.4, 0.5) is 4.79 Å². The molecule has 7 nitrogen and oxygen atoms in total. The van der Waals surface area contributed by atoms with Crippen LogP contribution in [-0.4, -0.2) is 53.2 Å². The van der Waals surface area contributed by atoms with Gasteiger partial charge in [-0.2, -0.15) is 0 Å². The molecule has 0 bridgehead atoms. The molecule has 1 unspecified atom stereocenters. The number of benzene rings is 2. The van der Waals surface area contributed by atoms with Crippen LogP contribution in [-0.2, 0) is 14.3 Å². The lowest BCUT2D eigenvalue weighted by molar-refractivity contribution is -0.141. The fraction of sp³-hybridized carbons (Fsp3) is 0.444. The molecule has 2 N–H and O–H groups in total. The molecule has 2 aromatic carbocycles. The smallest absolute Gasteiger partial charge is 0.407 e. The number of hydrogen-bond acceptors (Lipinski definition) is 4. The Morgan fingerprint density at radius 1 is 1.09 bits per heavy atom. The van der Waals surface area contributed by atoms with Crippen LogP contribution in [0.5, 0.6) is 0 Å². The van der Waals surface area contributed by atoms with Crippen molar-refractivity contribution in [3.8, 4) is 11.1 Å². The molecule has 1 saturated heterocycles. The molecule has 3 atom stereocenters. The average molecular weight is 465 g/mol. The number of alkyl carbamates (subject to hydrolysis) is 1.